The van der Waals surface area contributed by atoms with Gasteiger partial charge in [0.1, 0.15) is 11.5 Å². The predicted octanol–water partition coefficient (Wildman–Crippen LogP) is 2.62. The Kier molecular flexibility index (Phi) is 6.42. The van der Waals surface area contributed by atoms with E-state index < -0.39 is 0 Å². The molecular formula is C22H31N3O3. The van der Waals surface area contributed by atoms with Gasteiger partial charge in [-0.15, -0.1) is 0 Å². The fourth-order valence-electron chi connectivity index (χ4n) is 4.10. The number of nitrogens with zero attached hydrogens (tertiary/aromatic N) is 3. The summed E-state index contributed by atoms with van der Waals surface area (Å²) in [5.74, 6) is 0.850. The third-order valence-electron chi connectivity index (χ3n) is 5.76. The maximum atomic E-state index is 13.3. The standard InChI is InChI=1S/C22H31N3O3/c1-5-23-11-13-24(14-12-23)21(17-7-9-18(28-4)10-8-17)20-19(26)15-16(3)25(6-2)22(20)27/h7-10,15,21,26H,5-6,11-14H2,1-4H3. The maximum Gasteiger partial charge on any atom is 0.259 e. The van der Waals surface area contributed by atoms with Crippen molar-refractivity contribution in [3.8, 4) is 11.5 Å². The minimum absolute atomic E-state index is 0.0749. The topological polar surface area (TPSA) is 57.9 Å². The molecule has 2 aromatic rings. The lowest BCUT2D eigenvalue weighted by Gasteiger charge is -2.39. The molecule has 0 radical (unpaired) electrons. The Morgan fingerprint density at radius 3 is 2.25 bits per heavy atom. The van der Waals surface area contributed by atoms with Gasteiger partial charge in [0.15, 0.2) is 0 Å². The highest BCUT2D eigenvalue weighted by atomic mass is 16.5. The number of aromatic hydroxyl groups is 1. The van der Waals surface area contributed by atoms with Crippen LogP contribution in [0.25, 0.3) is 0 Å². The summed E-state index contributed by atoms with van der Waals surface area (Å²) in [5, 5.41) is 10.8. The number of piperazine rings is 1. The number of hydrogen-bond acceptors (Lipinski definition) is 5. The Bertz CT molecular complexity index is 853. The molecule has 152 valence electrons. The lowest BCUT2D eigenvalue weighted by atomic mass is 9.96. The van der Waals surface area contributed by atoms with Crippen molar-refractivity contribution in [1.29, 1.82) is 0 Å². The second kappa shape index (κ2) is 8.80. The van der Waals surface area contributed by atoms with E-state index in [2.05, 4.69) is 16.7 Å². The Labute approximate surface area is 167 Å². The summed E-state index contributed by atoms with van der Waals surface area (Å²) >= 11 is 0. The van der Waals surface area contributed by atoms with Crippen molar-refractivity contribution in [2.24, 2.45) is 0 Å². The Morgan fingerprint density at radius 2 is 1.71 bits per heavy atom. The largest absolute Gasteiger partial charge is 0.507 e. The van der Waals surface area contributed by atoms with Gasteiger partial charge in [-0.1, -0.05) is 19.1 Å². The van der Waals surface area contributed by atoms with E-state index in [0.717, 1.165) is 49.7 Å². The van der Waals surface area contributed by atoms with Crippen LogP contribution in [-0.2, 0) is 6.54 Å². The second-order valence-electron chi connectivity index (χ2n) is 7.28. The summed E-state index contributed by atoms with van der Waals surface area (Å²) in [6.07, 6.45) is 0. The molecule has 28 heavy (non-hydrogen) atoms. The molecule has 6 heteroatoms. The van der Waals surface area contributed by atoms with Crippen molar-refractivity contribution in [2.45, 2.75) is 33.4 Å². The van der Waals surface area contributed by atoms with Crippen LogP contribution in [0.15, 0.2) is 35.1 Å². The quantitative estimate of drug-likeness (QED) is 0.828. The van der Waals surface area contributed by atoms with E-state index in [1.807, 2.05) is 38.1 Å². The SMILES string of the molecule is CCN1CCN(C(c2ccc(OC)cc2)c2c(O)cc(C)n(CC)c2=O)CC1. The van der Waals surface area contributed by atoms with Gasteiger partial charge in [0, 0.05) is 38.4 Å². The average Bonchev–Trinajstić information content (AvgIpc) is 2.71. The van der Waals surface area contributed by atoms with Gasteiger partial charge in [0.2, 0.25) is 0 Å². The third kappa shape index (κ3) is 3.93. The maximum absolute atomic E-state index is 13.3. The summed E-state index contributed by atoms with van der Waals surface area (Å²) in [6, 6.07) is 9.23. The van der Waals surface area contributed by atoms with Gasteiger partial charge in [-0.2, -0.15) is 0 Å². The van der Waals surface area contributed by atoms with Crippen LogP contribution < -0.4 is 10.3 Å². The molecule has 1 aliphatic rings. The van der Waals surface area contributed by atoms with Crippen LogP contribution in [-0.4, -0.2) is 59.3 Å². The predicted molar refractivity (Wildman–Crippen MR) is 111 cm³/mol. The highest BCUT2D eigenvalue weighted by Crippen LogP contribution is 2.34. The number of likely N-dealkylation sites (N-methyl/N-ethyl adjacent to an activating group) is 1. The molecule has 1 aliphatic heterocycles. The zero-order valence-electron chi connectivity index (χ0n) is 17.3. The van der Waals surface area contributed by atoms with Gasteiger partial charge >= 0.3 is 0 Å². The summed E-state index contributed by atoms with van der Waals surface area (Å²) in [4.78, 5) is 18.0. The summed E-state index contributed by atoms with van der Waals surface area (Å²) in [5.41, 5.74) is 2.11. The Balaban J connectivity index is 2.10. The van der Waals surface area contributed by atoms with Crippen LogP contribution in [0, 0.1) is 6.92 Å². The molecule has 1 saturated heterocycles. The lowest BCUT2D eigenvalue weighted by Crippen LogP contribution is -2.48. The average molecular weight is 386 g/mol. The van der Waals surface area contributed by atoms with E-state index in [1.165, 1.54) is 0 Å². The second-order valence-corrected chi connectivity index (χ2v) is 7.28. The first-order chi connectivity index (χ1) is 13.5. The first kappa shape index (κ1) is 20.4. The highest BCUT2D eigenvalue weighted by molar-refractivity contribution is 5.42. The zero-order chi connectivity index (χ0) is 20.3. The van der Waals surface area contributed by atoms with Crippen LogP contribution in [0.5, 0.6) is 11.5 Å². The molecule has 1 N–H and O–H groups in total. The monoisotopic (exact) mass is 385 g/mol. The molecule has 1 aromatic carbocycles. The molecule has 6 nitrogen and oxygen atoms in total. The summed E-state index contributed by atoms with van der Waals surface area (Å²) < 4.78 is 7.02. The molecule has 0 amide bonds. The van der Waals surface area contributed by atoms with Gasteiger partial charge in [-0.25, -0.2) is 0 Å². The van der Waals surface area contributed by atoms with Crippen molar-refractivity contribution in [3.63, 3.8) is 0 Å². The van der Waals surface area contributed by atoms with Crippen molar-refractivity contribution >= 4 is 0 Å². The number of ether oxygens (including phenoxy) is 1. The molecule has 1 aromatic heterocycles. The van der Waals surface area contributed by atoms with Gasteiger partial charge in [-0.05, 0) is 44.2 Å². The first-order valence-corrected chi connectivity index (χ1v) is 10.0. The molecule has 0 aliphatic carbocycles. The number of pyridine rings is 1. The zero-order valence-corrected chi connectivity index (χ0v) is 17.3. The van der Waals surface area contributed by atoms with Crippen molar-refractivity contribution in [3.05, 3.63) is 57.5 Å². The smallest absolute Gasteiger partial charge is 0.259 e. The molecule has 1 atom stereocenters. The van der Waals surface area contributed by atoms with E-state index in [-0.39, 0.29) is 17.4 Å². The molecular weight excluding hydrogens is 354 g/mol. The third-order valence-corrected chi connectivity index (χ3v) is 5.76. The van der Waals surface area contributed by atoms with Gasteiger partial charge in [0.25, 0.3) is 5.56 Å². The van der Waals surface area contributed by atoms with E-state index in [4.69, 9.17) is 4.74 Å². The van der Waals surface area contributed by atoms with Gasteiger partial charge < -0.3 is 19.3 Å². The molecule has 0 spiro atoms. The summed E-state index contributed by atoms with van der Waals surface area (Å²) in [6.45, 7) is 11.2. The number of benzene rings is 1. The lowest BCUT2D eigenvalue weighted by molar-refractivity contribution is 0.111. The number of aromatic nitrogens is 1. The minimum atomic E-state index is -0.282. The number of methoxy groups -OCH3 is 1. The van der Waals surface area contributed by atoms with E-state index in [9.17, 15) is 9.90 Å². The van der Waals surface area contributed by atoms with E-state index >= 15 is 0 Å². The minimum Gasteiger partial charge on any atom is -0.507 e. The molecule has 0 saturated carbocycles. The summed E-state index contributed by atoms with van der Waals surface area (Å²) in [7, 11) is 1.64. The van der Waals surface area contributed by atoms with Crippen molar-refractivity contribution in [2.75, 3.05) is 39.8 Å². The Morgan fingerprint density at radius 1 is 1.07 bits per heavy atom. The Hall–Kier alpha value is -2.31. The van der Waals surface area contributed by atoms with Crippen LogP contribution >= 0.6 is 0 Å². The molecule has 1 unspecified atom stereocenters. The van der Waals surface area contributed by atoms with Crippen LogP contribution in [0.1, 0.15) is 36.7 Å². The first-order valence-electron chi connectivity index (χ1n) is 10.0. The van der Waals surface area contributed by atoms with Crippen LogP contribution in [0.3, 0.4) is 0 Å². The molecule has 0 bridgehead atoms. The molecule has 2 heterocycles. The molecule has 1 fully saturated rings. The van der Waals surface area contributed by atoms with E-state index in [1.54, 1.807) is 17.7 Å². The number of aryl methyl sites for hydroxylation is 1. The number of hydrogen-bond donors (Lipinski definition) is 1. The fraction of sp³-hybridized carbons (Fsp3) is 0.500. The fourth-order valence-corrected chi connectivity index (χ4v) is 4.10. The van der Waals surface area contributed by atoms with Crippen molar-refractivity contribution < 1.29 is 9.84 Å². The van der Waals surface area contributed by atoms with Crippen LogP contribution in [0.2, 0.25) is 0 Å². The van der Waals surface area contributed by atoms with Gasteiger partial charge in [-0.3, -0.25) is 9.69 Å². The van der Waals surface area contributed by atoms with Crippen LogP contribution in [0.4, 0.5) is 0 Å². The van der Waals surface area contributed by atoms with Crippen molar-refractivity contribution in [1.82, 2.24) is 14.4 Å². The number of rotatable bonds is 6. The van der Waals surface area contributed by atoms with E-state index in [0.29, 0.717) is 12.1 Å². The van der Waals surface area contributed by atoms with Gasteiger partial charge in [0.05, 0.1) is 18.7 Å². The molecule has 3 rings (SSSR count). The highest BCUT2D eigenvalue weighted by Gasteiger charge is 2.31. The normalized spacial score (nSPS) is 16.9.